The van der Waals surface area contributed by atoms with E-state index in [1.165, 1.54) is 16.7 Å². The van der Waals surface area contributed by atoms with Gasteiger partial charge in [-0.2, -0.15) is 0 Å². The minimum absolute atomic E-state index is 0.250. The van der Waals surface area contributed by atoms with Gasteiger partial charge in [-0.1, -0.05) is 91.0 Å². The average molecular weight is 499 g/mol. The Morgan fingerprint density at radius 3 is 1.65 bits per heavy atom. The lowest BCUT2D eigenvalue weighted by molar-refractivity contribution is 0.00150. The summed E-state index contributed by atoms with van der Waals surface area (Å²) in [7, 11) is 0. The molecule has 3 aromatic carbocycles. The number of hydrogen-bond donors (Lipinski definition) is 1. The van der Waals surface area contributed by atoms with Crippen molar-refractivity contribution in [3.8, 4) is 0 Å². The fraction of sp³-hybridized carbons (Fsp3) is 0.406. The zero-order chi connectivity index (χ0) is 26.1. The second-order valence-corrected chi connectivity index (χ2v) is 11.4. The average Bonchev–Trinajstić information content (AvgIpc) is 3.30. The Hall–Kier alpha value is -2.99. The second-order valence-electron chi connectivity index (χ2n) is 11.4. The third-order valence-electron chi connectivity index (χ3n) is 7.55. The van der Waals surface area contributed by atoms with Gasteiger partial charge in [0.15, 0.2) is 5.60 Å². The van der Waals surface area contributed by atoms with Gasteiger partial charge >= 0.3 is 0 Å². The third-order valence-corrected chi connectivity index (χ3v) is 7.55. The van der Waals surface area contributed by atoms with E-state index < -0.39 is 17.3 Å². The molecule has 0 bridgehead atoms. The minimum Gasteiger partial charge on any atom is -0.476 e. The first-order valence-electron chi connectivity index (χ1n) is 13.2. The first kappa shape index (κ1) is 25.7. The summed E-state index contributed by atoms with van der Waals surface area (Å²) >= 11 is 0. The number of aliphatic hydroxyl groups is 1. The van der Waals surface area contributed by atoms with Crippen molar-refractivity contribution in [3.05, 3.63) is 108 Å². The van der Waals surface area contributed by atoms with E-state index in [0.717, 1.165) is 0 Å². The Bertz CT molecular complexity index is 1170. The van der Waals surface area contributed by atoms with Gasteiger partial charge < -0.3 is 14.6 Å². The number of aliphatic imine (C=N–C) groups is 1. The molecule has 0 saturated carbocycles. The number of hydrogen-bond acceptors (Lipinski definition) is 5. The van der Waals surface area contributed by atoms with Crippen molar-refractivity contribution in [2.45, 2.75) is 76.1 Å². The molecule has 5 heteroatoms. The van der Waals surface area contributed by atoms with Crippen molar-refractivity contribution >= 4 is 5.90 Å². The normalized spacial score (nSPS) is 23.2. The van der Waals surface area contributed by atoms with Gasteiger partial charge in [-0.25, -0.2) is 4.99 Å². The number of aliphatic hydroxyl groups excluding tert-OH is 1. The molecule has 1 N–H and O–H groups in total. The number of benzene rings is 3. The number of ether oxygens (including phenoxy) is 2. The smallest absolute Gasteiger partial charge is 0.223 e. The Morgan fingerprint density at radius 1 is 0.784 bits per heavy atom. The minimum atomic E-state index is -0.994. The lowest BCUT2D eigenvalue weighted by Gasteiger charge is -2.38. The Balaban J connectivity index is 1.56. The summed E-state index contributed by atoms with van der Waals surface area (Å²) in [4.78, 5) is 7.26. The van der Waals surface area contributed by atoms with Gasteiger partial charge in [0.25, 0.3) is 0 Å². The van der Waals surface area contributed by atoms with Crippen molar-refractivity contribution in [2.24, 2.45) is 4.99 Å². The van der Waals surface area contributed by atoms with Crippen molar-refractivity contribution in [3.63, 3.8) is 0 Å². The summed E-state index contributed by atoms with van der Waals surface area (Å²) in [5.41, 5.74) is 1.64. The van der Waals surface area contributed by atoms with Crippen molar-refractivity contribution in [1.82, 2.24) is 4.90 Å². The summed E-state index contributed by atoms with van der Waals surface area (Å²) in [6, 6.07) is 31.0. The van der Waals surface area contributed by atoms with E-state index in [2.05, 4.69) is 77.7 Å². The van der Waals surface area contributed by atoms with Crippen molar-refractivity contribution in [1.29, 1.82) is 0 Å². The van der Waals surface area contributed by atoms with Crippen LogP contribution in [0.3, 0.4) is 0 Å². The highest BCUT2D eigenvalue weighted by Gasteiger charge is 2.74. The molecule has 1 fully saturated rings. The molecule has 37 heavy (non-hydrogen) atoms. The van der Waals surface area contributed by atoms with Crippen LogP contribution in [0.5, 0.6) is 0 Å². The van der Waals surface area contributed by atoms with E-state index in [4.69, 9.17) is 14.5 Å². The molecule has 194 valence electrons. The second kappa shape index (κ2) is 10.1. The third kappa shape index (κ3) is 5.35. The van der Waals surface area contributed by atoms with Crippen LogP contribution in [0.1, 0.15) is 44.4 Å². The molecule has 0 aliphatic carbocycles. The van der Waals surface area contributed by atoms with Crippen LogP contribution < -0.4 is 0 Å². The molecule has 0 aromatic heterocycles. The van der Waals surface area contributed by atoms with E-state index in [9.17, 15) is 5.11 Å². The van der Waals surface area contributed by atoms with Gasteiger partial charge in [-0.15, -0.1) is 0 Å². The fourth-order valence-corrected chi connectivity index (χ4v) is 5.49. The molecular formula is C32H38N2O3. The van der Waals surface area contributed by atoms with Gasteiger partial charge in [0.2, 0.25) is 5.90 Å². The molecule has 3 atom stereocenters. The maximum absolute atomic E-state index is 12.3. The SMILES string of the molecule is CC1(C)COC([C@]2([C@@H](O)[C@H](Cc3ccccc3)N(Cc3ccccc3)Cc3ccccc3)OC2(C)C)=N1. The molecular weight excluding hydrogens is 460 g/mol. The highest BCUT2D eigenvalue weighted by molar-refractivity contribution is 5.92. The summed E-state index contributed by atoms with van der Waals surface area (Å²) in [6.45, 7) is 10.0. The lowest BCUT2D eigenvalue weighted by Crippen LogP contribution is -2.55. The fourth-order valence-electron chi connectivity index (χ4n) is 5.49. The summed E-state index contributed by atoms with van der Waals surface area (Å²) < 4.78 is 12.5. The molecule has 5 rings (SSSR count). The number of nitrogens with zero attached hydrogens (tertiary/aromatic N) is 2. The van der Waals surface area contributed by atoms with Crippen LogP contribution in [0.15, 0.2) is 96.0 Å². The zero-order valence-corrected chi connectivity index (χ0v) is 22.3. The Morgan fingerprint density at radius 2 is 1.24 bits per heavy atom. The topological polar surface area (TPSA) is 57.6 Å². The first-order valence-corrected chi connectivity index (χ1v) is 13.2. The molecule has 0 spiro atoms. The van der Waals surface area contributed by atoms with E-state index >= 15 is 0 Å². The monoisotopic (exact) mass is 498 g/mol. The molecule has 5 nitrogen and oxygen atoms in total. The molecule has 1 saturated heterocycles. The van der Waals surface area contributed by atoms with Crippen LogP contribution in [0, 0.1) is 0 Å². The molecule has 3 aromatic rings. The van der Waals surface area contributed by atoms with Crippen molar-refractivity contribution in [2.75, 3.05) is 6.61 Å². The van der Waals surface area contributed by atoms with Crippen LogP contribution in [0.25, 0.3) is 0 Å². The molecule has 0 amide bonds. The largest absolute Gasteiger partial charge is 0.476 e. The van der Waals surface area contributed by atoms with Gasteiger partial charge in [0, 0.05) is 19.1 Å². The van der Waals surface area contributed by atoms with Gasteiger partial charge in [0.05, 0.1) is 5.54 Å². The summed E-state index contributed by atoms with van der Waals surface area (Å²) in [5.74, 6) is 0.521. The lowest BCUT2D eigenvalue weighted by atomic mass is 9.83. The van der Waals surface area contributed by atoms with Crippen molar-refractivity contribution < 1.29 is 14.6 Å². The highest BCUT2D eigenvalue weighted by atomic mass is 16.7. The predicted molar refractivity (Wildman–Crippen MR) is 147 cm³/mol. The van der Waals surface area contributed by atoms with Gasteiger partial charge in [0.1, 0.15) is 18.3 Å². The summed E-state index contributed by atoms with van der Waals surface area (Å²) in [6.07, 6.45) is -0.192. The van der Waals surface area contributed by atoms with E-state index in [1.54, 1.807) is 0 Å². The molecule has 0 unspecified atom stereocenters. The van der Waals surface area contributed by atoms with E-state index in [1.807, 2.05) is 45.9 Å². The van der Waals surface area contributed by atoms with Crippen LogP contribution in [0.2, 0.25) is 0 Å². The standard InChI is InChI=1S/C32H38N2O3/c1-30(2)23-36-29(33-30)32(31(3,4)37-32)28(35)27(20-24-14-8-5-9-15-24)34(21-25-16-10-6-11-17-25)22-26-18-12-7-13-19-26/h5-19,27-28,35H,20-23H2,1-4H3/t27-,28-,32-/m0/s1. The Kier molecular flexibility index (Phi) is 6.97. The molecule has 0 radical (unpaired) electrons. The van der Waals surface area contributed by atoms with E-state index in [0.29, 0.717) is 32.0 Å². The Labute approximate surface area is 220 Å². The zero-order valence-electron chi connectivity index (χ0n) is 22.3. The maximum atomic E-state index is 12.3. The number of epoxide rings is 1. The van der Waals surface area contributed by atoms with Crippen LogP contribution in [-0.2, 0) is 29.0 Å². The van der Waals surface area contributed by atoms with Crippen LogP contribution >= 0.6 is 0 Å². The molecule has 2 heterocycles. The molecule has 2 aliphatic heterocycles. The van der Waals surface area contributed by atoms with Gasteiger partial charge in [-0.3, -0.25) is 4.90 Å². The van der Waals surface area contributed by atoms with Crippen LogP contribution in [-0.4, -0.2) is 51.4 Å². The quantitative estimate of drug-likeness (QED) is 0.380. The first-order chi connectivity index (χ1) is 17.7. The van der Waals surface area contributed by atoms with E-state index in [-0.39, 0.29) is 11.6 Å². The van der Waals surface area contributed by atoms with Gasteiger partial charge in [-0.05, 0) is 50.8 Å². The maximum Gasteiger partial charge on any atom is 0.223 e. The highest BCUT2D eigenvalue weighted by Crippen LogP contribution is 2.54. The summed E-state index contributed by atoms with van der Waals surface area (Å²) in [5, 5.41) is 12.3. The van der Waals surface area contributed by atoms with Crippen LogP contribution in [0.4, 0.5) is 0 Å². The predicted octanol–water partition coefficient (Wildman–Crippen LogP) is 5.42. The molecule has 2 aliphatic rings. The number of rotatable bonds is 10.